The standard InChI is InChI=1S/C27H33N3O3/c1-20-14-22(33-2)10-11-23(20)25(31)30-18-27(19-30)17-28(15-21-8-4-3-5-9-21)16-24(27)26(32)29-12-6-7-13-29/h3-5,8-11,14,24H,6-7,12-13,15-19H2,1-2H3. The molecule has 0 aliphatic carbocycles. The second kappa shape index (κ2) is 8.82. The maximum absolute atomic E-state index is 13.5. The molecule has 3 aliphatic heterocycles. The Morgan fingerprint density at radius 1 is 1.00 bits per heavy atom. The van der Waals surface area contributed by atoms with Gasteiger partial charge in [0.05, 0.1) is 13.0 Å². The molecule has 6 heteroatoms. The monoisotopic (exact) mass is 447 g/mol. The van der Waals surface area contributed by atoms with Crippen molar-refractivity contribution >= 4 is 11.8 Å². The summed E-state index contributed by atoms with van der Waals surface area (Å²) in [6, 6.07) is 16.0. The number of rotatable bonds is 5. The highest BCUT2D eigenvalue weighted by Crippen LogP contribution is 2.46. The Morgan fingerprint density at radius 2 is 1.73 bits per heavy atom. The van der Waals surface area contributed by atoms with Gasteiger partial charge < -0.3 is 14.5 Å². The first-order valence-electron chi connectivity index (χ1n) is 12.0. The summed E-state index contributed by atoms with van der Waals surface area (Å²) in [6.07, 6.45) is 2.20. The summed E-state index contributed by atoms with van der Waals surface area (Å²) in [5, 5.41) is 0. The summed E-state index contributed by atoms with van der Waals surface area (Å²) < 4.78 is 5.28. The van der Waals surface area contributed by atoms with Gasteiger partial charge in [0.25, 0.3) is 5.91 Å². The second-order valence-corrected chi connectivity index (χ2v) is 9.94. The highest BCUT2D eigenvalue weighted by Gasteiger charge is 2.58. The van der Waals surface area contributed by atoms with Gasteiger partial charge in [0.2, 0.25) is 5.91 Å². The van der Waals surface area contributed by atoms with Gasteiger partial charge in [0.15, 0.2) is 0 Å². The molecular formula is C27H33N3O3. The molecule has 2 aromatic rings. The number of aryl methyl sites for hydroxylation is 1. The first-order chi connectivity index (χ1) is 16.0. The van der Waals surface area contributed by atoms with E-state index in [0.29, 0.717) is 18.7 Å². The van der Waals surface area contributed by atoms with Crippen molar-refractivity contribution in [1.82, 2.24) is 14.7 Å². The van der Waals surface area contributed by atoms with Crippen LogP contribution in [0.1, 0.15) is 34.3 Å². The Bertz CT molecular complexity index is 1030. The van der Waals surface area contributed by atoms with E-state index in [0.717, 1.165) is 56.9 Å². The van der Waals surface area contributed by atoms with Crippen molar-refractivity contribution in [2.24, 2.45) is 11.3 Å². The van der Waals surface area contributed by atoms with Crippen LogP contribution in [-0.2, 0) is 11.3 Å². The fourth-order valence-corrected chi connectivity index (χ4v) is 5.88. The van der Waals surface area contributed by atoms with E-state index in [9.17, 15) is 9.59 Å². The van der Waals surface area contributed by atoms with Crippen molar-refractivity contribution in [2.75, 3.05) is 46.4 Å². The quantitative estimate of drug-likeness (QED) is 0.706. The van der Waals surface area contributed by atoms with E-state index in [1.54, 1.807) is 7.11 Å². The Labute approximate surface area is 196 Å². The zero-order valence-electron chi connectivity index (χ0n) is 19.6. The van der Waals surface area contributed by atoms with E-state index in [-0.39, 0.29) is 23.1 Å². The average molecular weight is 448 g/mol. The topological polar surface area (TPSA) is 53.1 Å². The lowest BCUT2D eigenvalue weighted by Gasteiger charge is -2.51. The van der Waals surface area contributed by atoms with Gasteiger partial charge in [-0.25, -0.2) is 0 Å². The summed E-state index contributed by atoms with van der Waals surface area (Å²) in [5.41, 5.74) is 2.75. The van der Waals surface area contributed by atoms with Crippen LogP contribution in [-0.4, -0.2) is 72.9 Å². The molecule has 3 heterocycles. The lowest BCUT2D eigenvalue weighted by Crippen LogP contribution is -2.64. The normalized spacial score (nSPS) is 21.9. The number of benzene rings is 2. The molecule has 174 valence electrons. The number of carbonyl (C=O) groups is 2. The van der Waals surface area contributed by atoms with Gasteiger partial charge in [-0.05, 0) is 49.1 Å². The predicted octanol–water partition coefficient (Wildman–Crippen LogP) is 3.20. The van der Waals surface area contributed by atoms with Crippen molar-refractivity contribution in [1.29, 1.82) is 0 Å². The minimum Gasteiger partial charge on any atom is -0.497 e. The summed E-state index contributed by atoms with van der Waals surface area (Å²) in [6.45, 7) is 7.46. The smallest absolute Gasteiger partial charge is 0.254 e. The zero-order chi connectivity index (χ0) is 23.0. The molecule has 1 unspecified atom stereocenters. The molecular weight excluding hydrogens is 414 g/mol. The number of amides is 2. The average Bonchev–Trinajstić information content (AvgIpc) is 3.46. The summed E-state index contributed by atoms with van der Waals surface area (Å²) >= 11 is 0. The van der Waals surface area contributed by atoms with Gasteiger partial charge in [-0.2, -0.15) is 0 Å². The van der Waals surface area contributed by atoms with Crippen molar-refractivity contribution in [2.45, 2.75) is 26.3 Å². The first kappa shape index (κ1) is 22.0. The highest BCUT2D eigenvalue weighted by molar-refractivity contribution is 5.96. The molecule has 1 spiro atoms. The van der Waals surface area contributed by atoms with Crippen LogP contribution in [0.4, 0.5) is 0 Å². The maximum atomic E-state index is 13.5. The van der Waals surface area contributed by atoms with E-state index in [1.165, 1.54) is 5.56 Å². The third-order valence-electron chi connectivity index (χ3n) is 7.65. The molecule has 0 radical (unpaired) electrons. The fraction of sp³-hybridized carbons (Fsp3) is 0.481. The highest BCUT2D eigenvalue weighted by atomic mass is 16.5. The molecule has 5 rings (SSSR count). The van der Waals surface area contributed by atoms with Crippen molar-refractivity contribution < 1.29 is 14.3 Å². The Hall–Kier alpha value is -2.86. The van der Waals surface area contributed by atoms with E-state index < -0.39 is 0 Å². The Morgan fingerprint density at radius 3 is 2.39 bits per heavy atom. The van der Waals surface area contributed by atoms with Gasteiger partial charge >= 0.3 is 0 Å². The van der Waals surface area contributed by atoms with Crippen LogP contribution < -0.4 is 4.74 Å². The molecule has 6 nitrogen and oxygen atoms in total. The van der Waals surface area contributed by atoms with E-state index in [4.69, 9.17) is 4.74 Å². The third-order valence-corrected chi connectivity index (χ3v) is 7.65. The van der Waals surface area contributed by atoms with Crippen molar-refractivity contribution in [3.8, 4) is 5.75 Å². The maximum Gasteiger partial charge on any atom is 0.254 e. The Kier molecular flexibility index (Phi) is 5.87. The largest absolute Gasteiger partial charge is 0.497 e. The summed E-state index contributed by atoms with van der Waals surface area (Å²) in [4.78, 5) is 33.2. The third kappa shape index (κ3) is 4.12. The van der Waals surface area contributed by atoms with Crippen LogP contribution in [0.15, 0.2) is 48.5 Å². The molecule has 0 aromatic heterocycles. The van der Waals surface area contributed by atoms with Crippen LogP contribution in [0.5, 0.6) is 5.75 Å². The van der Waals surface area contributed by atoms with Crippen LogP contribution in [0.3, 0.4) is 0 Å². The van der Waals surface area contributed by atoms with Gasteiger partial charge in [-0.15, -0.1) is 0 Å². The number of hydrogen-bond donors (Lipinski definition) is 0. The minimum absolute atomic E-state index is 0.0414. The molecule has 0 saturated carbocycles. The molecule has 0 bridgehead atoms. The van der Waals surface area contributed by atoms with Gasteiger partial charge in [-0.1, -0.05) is 30.3 Å². The van der Waals surface area contributed by atoms with Crippen LogP contribution in [0, 0.1) is 18.3 Å². The molecule has 3 fully saturated rings. The lowest BCUT2D eigenvalue weighted by molar-refractivity contribution is -0.141. The number of nitrogens with zero attached hydrogens (tertiary/aromatic N) is 3. The van der Waals surface area contributed by atoms with Crippen molar-refractivity contribution in [3.63, 3.8) is 0 Å². The molecule has 0 N–H and O–H groups in total. The molecule has 3 saturated heterocycles. The van der Waals surface area contributed by atoms with Gasteiger partial charge in [0.1, 0.15) is 5.75 Å². The SMILES string of the molecule is COc1ccc(C(=O)N2CC3(CN(Cc4ccccc4)CC3C(=O)N3CCCC3)C2)c(C)c1. The van der Waals surface area contributed by atoms with E-state index >= 15 is 0 Å². The molecule has 33 heavy (non-hydrogen) atoms. The fourth-order valence-electron chi connectivity index (χ4n) is 5.88. The van der Waals surface area contributed by atoms with Crippen molar-refractivity contribution in [3.05, 3.63) is 65.2 Å². The molecule has 1 atom stereocenters. The predicted molar refractivity (Wildman–Crippen MR) is 127 cm³/mol. The number of ether oxygens (including phenoxy) is 1. The van der Waals surface area contributed by atoms with Crippen LogP contribution in [0.2, 0.25) is 0 Å². The first-order valence-corrected chi connectivity index (χ1v) is 12.0. The Balaban J connectivity index is 1.33. The van der Waals surface area contributed by atoms with Crippen LogP contribution >= 0.6 is 0 Å². The van der Waals surface area contributed by atoms with E-state index in [2.05, 4.69) is 34.1 Å². The summed E-state index contributed by atoms with van der Waals surface area (Å²) in [5.74, 6) is 1.05. The molecule has 2 aromatic carbocycles. The van der Waals surface area contributed by atoms with Gasteiger partial charge in [0, 0.05) is 56.8 Å². The number of hydrogen-bond acceptors (Lipinski definition) is 4. The number of likely N-dealkylation sites (tertiary alicyclic amines) is 3. The molecule has 2 amide bonds. The summed E-state index contributed by atoms with van der Waals surface area (Å²) in [7, 11) is 1.63. The minimum atomic E-state index is -0.148. The van der Waals surface area contributed by atoms with Crippen LogP contribution in [0.25, 0.3) is 0 Å². The van der Waals surface area contributed by atoms with Gasteiger partial charge in [-0.3, -0.25) is 14.5 Å². The number of methoxy groups -OCH3 is 1. The molecule has 3 aliphatic rings. The number of carbonyl (C=O) groups excluding carboxylic acids is 2. The zero-order valence-corrected chi connectivity index (χ0v) is 19.6. The van der Waals surface area contributed by atoms with E-state index in [1.807, 2.05) is 36.1 Å². The lowest BCUT2D eigenvalue weighted by atomic mass is 9.70. The second-order valence-electron chi connectivity index (χ2n) is 9.94.